The first kappa shape index (κ1) is 14.3. The number of sulfonamides is 1. The number of carbonyl (C=O) groups is 1. The van der Waals surface area contributed by atoms with Crippen LogP contribution < -0.4 is 0 Å². The average Bonchev–Trinajstić information content (AvgIpc) is 2.52. The maximum atomic E-state index is 12.1. The molecule has 1 N–H and O–H groups in total. The van der Waals surface area contributed by atoms with Crippen LogP contribution in [0.5, 0.6) is 0 Å². The summed E-state index contributed by atoms with van der Waals surface area (Å²) in [5.41, 5.74) is 0. The predicted molar refractivity (Wildman–Crippen MR) is 71.5 cm³/mol. The molecule has 18 heavy (non-hydrogen) atoms. The van der Waals surface area contributed by atoms with Crippen molar-refractivity contribution in [2.75, 3.05) is 13.1 Å². The zero-order valence-electron chi connectivity index (χ0n) is 8.97. The van der Waals surface area contributed by atoms with Crippen LogP contribution in [0.25, 0.3) is 0 Å². The first-order valence-corrected chi connectivity index (χ1v) is 8.40. The predicted octanol–water partition coefficient (Wildman–Crippen LogP) is 2.26. The number of nitrogens with zero attached hydrogens (tertiary/aromatic N) is 1. The molecule has 1 aromatic rings. The van der Waals surface area contributed by atoms with Gasteiger partial charge in [0.15, 0.2) is 0 Å². The number of carboxylic acids is 1. The summed E-state index contributed by atoms with van der Waals surface area (Å²) in [7, 11) is -3.53. The summed E-state index contributed by atoms with van der Waals surface area (Å²) >= 11 is 10.0. The van der Waals surface area contributed by atoms with Gasteiger partial charge in [-0.2, -0.15) is 4.31 Å². The van der Waals surface area contributed by atoms with E-state index in [4.69, 9.17) is 16.7 Å². The molecule has 0 spiro atoms. The highest BCUT2D eigenvalue weighted by atomic mass is 79.9. The Hall–Kier alpha value is -0.150. The van der Waals surface area contributed by atoms with Crippen LogP contribution in [0.15, 0.2) is 14.1 Å². The third-order valence-corrected chi connectivity index (χ3v) is 7.36. The number of hydrogen-bond donors (Lipinski definition) is 1. The van der Waals surface area contributed by atoms with Crippen LogP contribution in [-0.2, 0) is 14.8 Å². The summed E-state index contributed by atoms with van der Waals surface area (Å²) < 4.78 is 26.3. The van der Waals surface area contributed by atoms with Crippen molar-refractivity contribution in [3.05, 3.63) is 14.9 Å². The molecule has 2 rings (SSSR count). The van der Waals surface area contributed by atoms with E-state index in [1.165, 1.54) is 10.4 Å². The van der Waals surface area contributed by atoms with E-state index in [2.05, 4.69) is 15.9 Å². The number of thiophene rings is 1. The number of halogens is 2. The maximum absolute atomic E-state index is 12.1. The summed E-state index contributed by atoms with van der Waals surface area (Å²) in [6.07, 6.45) is 0.000904. The molecule has 1 aliphatic rings. The van der Waals surface area contributed by atoms with Gasteiger partial charge in [-0.15, -0.1) is 11.3 Å². The molecule has 0 unspecified atom stereocenters. The van der Waals surface area contributed by atoms with Gasteiger partial charge in [0.2, 0.25) is 0 Å². The molecular weight excluding hydrogens is 366 g/mol. The molecule has 0 saturated carbocycles. The first-order chi connectivity index (χ1) is 8.30. The second kappa shape index (κ2) is 5.09. The van der Waals surface area contributed by atoms with Gasteiger partial charge in [-0.3, -0.25) is 4.79 Å². The zero-order chi connectivity index (χ0) is 13.5. The minimum absolute atomic E-state index is 0.000904. The molecular formula is C9H9BrClNO4S2. The van der Waals surface area contributed by atoms with Crippen LogP contribution in [0.4, 0.5) is 0 Å². The van der Waals surface area contributed by atoms with E-state index in [-0.39, 0.29) is 29.6 Å². The molecule has 0 radical (unpaired) electrons. The molecule has 0 aliphatic carbocycles. The molecule has 0 bridgehead atoms. The molecule has 0 amide bonds. The Morgan fingerprint density at radius 1 is 1.61 bits per heavy atom. The summed E-state index contributed by atoms with van der Waals surface area (Å²) in [6.45, 7) is 0.504. The van der Waals surface area contributed by atoms with Crippen LogP contribution in [-0.4, -0.2) is 36.9 Å². The molecule has 1 saturated heterocycles. The molecule has 1 aliphatic heterocycles. The largest absolute Gasteiger partial charge is 0.481 e. The van der Waals surface area contributed by atoms with Crippen molar-refractivity contribution in [1.82, 2.24) is 4.31 Å². The lowest BCUT2D eigenvalue weighted by atomic mass is 10.00. The van der Waals surface area contributed by atoms with Gasteiger partial charge in [-0.05, 0) is 27.9 Å². The lowest BCUT2D eigenvalue weighted by molar-refractivity contribution is -0.139. The smallest absolute Gasteiger partial charge is 0.303 e. The Labute approximate surface area is 122 Å². The van der Waals surface area contributed by atoms with Crippen LogP contribution in [0.1, 0.15) is 6.42 Å². The highest BCUT2D eigenvalue weighted by Crippen LogP contribution is 2.37. The van der Waals surface area contributed by atoms with Crippen molar-refractivity contribution >= 4 is 54.9 Å². The molecule has 1 fully saturated rings. The molecule has 1 aromatic heterocycles. The van der Waals surface area contributed by atoms with Crippen molar-refractivity contribution < 1.29 is 18.3 Å². The van der Waals surface area contributed by atoms with E-state index in [0.717, 1.165) is 11.3 Å². The Kier molecular flexibility index (Phi) is 4.03. The normalized spacial score (nSPS) is 17.7. The van der Waals surface area contributed by atoms with E-state index >= 15 is 0 Å². The van der Waals surface area contributed by atoms with Crippen molar-refractivity contribution in [1.29, 1.82) is 0 Å². The van der Waals surface area contributed by atoms with E-state index in [9.17, 15) is 13.2 Å². The fourth-order valence-electron chi connectivity index (χ4n) is 1.68. The van der Waals surface area contributed by atoms with Crippen molar-refractivity contribution in [3.63, 3.8) is 0 Å². The zero-order valence-corrected chi connectivity index (χ0v) is 12.9. The first-order valence-electron chi connectivity index (χ1n) is 4.97. The van der Waals surface area contributed by atoms with Crippen LogP contribution in [0, 0.1) is 5.92 Å². The Balaban J connectivity index is 2.08. The molecule has 100 valence electrons. The van der Waals surface area contributed by atoms with E-state index in [0.29, 0.717) is 8.81 Å². The molecule has 5 nitrogen and oxygen atoms in total. The number of rotatable bonds is 4. The topological polar surface area (TPSA) is 74.7 Å². The van der Waals surface area contributed by atoms with Crippen molar-refractivity contribution in [2.24, 2.45) is 5.92 Å². The lowest BCUT2D eigenvalue weighted by Crippen LogP contribution is -2.50. The summed E-state index contributed by atoms with van der Waals surface area (Å²) in [6, 6.07) is 1.40. The molecule has 0 aromatic carbocycles. The van der Waals surface area contributed by atoms with Crippen LogP contribution >= 0.6 is 38.9 Å². The fourth-order valence-corrected chi connectivity index (χ4v) is 5.82. The molecule has 2 heterocycles. The summed E-state index contributed by atoms with van der Waals surface area (Å²) in [4.78, 5) is 10.5. The number of hydrogen-bond acceptors (Lipinski definition) is 4. The number of carboxylic acid groups (broad SMARTS) is 1. The second-order valence-electron chi connectivity index (χ2n) is 3.97. The molecule has 0 atom stereocenters. The van der Waals surface area contributed by atoms with Gasteiger partial charge >= 0.3 is 5.97 Å². The van der Waals surface area contributed by atoms with Gasteiger partial charge < -0.3 is 5.11 Å². The van der Waals surface area contributed by atoms with Crippen molar-refractivity contribution in [3.8, 4) is 0 Å². The summed E-state index contributed by atoms with van der Waals surface area (Å²) in [5.74, 6) is -1.00. The third kappa shape index (κ3) is 2.72. The highest BCUT2D eigenvalue weighted by Gasteiger charge is 2.38. The van der Waals surface area contributed by atoms with E-state index in [1.54, 1.807) is 0 Å². The van der Waals surface area contributed by atoms with Crippen LogP contribution in [0.2, 0.25) is 5.02 Å². The third-order valence-electron chi connectivity index (χ3n) is 2.60. The van der Waals surface area contributed by atoms with Gasteiger partial charge in [-0.25, -0.2) is 8.42 Å². The SMILES string of the molecule is O=C(O)CC1CN(S(=O)(=O)c2cc(Cl)c(Br)s2)C1. The van der Waals surface area contributed by atoms with E-state index < -0.39 is 16.0 Å². The molecule has 9 heteroatoms. The van der Waals surface area contributed by atoms with Gasteiger partial charge in [0.1, 0.15) is 4.21 Å². The lowest BCUT2D eigenvalue weighted by Gasteiger charge is -2.36. The standard InChI is InChI=1S/C9H9BrClNO4S2/c10-9-6(11)2-8(17-9)18(15,16)12-3-5(4-12)1-7(13)14/h2,5H,1,3-4H2,(H,13,14). The number of aliphatic carboxylic acids is 1. The average molecular weight is 375 g/mol. The van der Waals surface area contributed by atoms with Gasteiger partial charge in [0.05, 0.1) is 15.2 Å². The van der Waals surface area contributed by atoms with E-state index in [1.807, 2.05) is 0 Å². The van der Waals surface area contributed by atoms with Gasteiger partial charge in [0, 0.05) is 13.1 Å². The van der Waals surface area contributed by atoms with Gasteiger partial charge in [-0.1, -0.05) is 11.6 Å². The van der Waals surface area contributed by atoms with Gasteiger partial charge in [0.25, 0.3) is 10.0 Å². The maximum Gasteiger partial charge on any atom is 0.303 e. The minimum atomic E-state index is -3.53. The summed E-state index contributed by atoms with van der Waals surface area (Å²) in [5, 5.41) is 8.97. The van der Waals surface area contributed by atoms with Crippen molar-refractivity contribution in [2.45, 2.75) is 10.6 Å². The monoisotopic (exact) mass is 373 g/mol. The quantitative estimate of drug-likeness (QED) is 0.877. The Bertz CT molecular complexity index is 560. The minimum Gasteiger partial charge on any atom is -0.481 e. The Morgan fingerprint density at radius 2 is 2.22 bits per heavy atom. The fraction of sp³-hybridized carbons (Fsp3) is 0.444. The second-order valence-corrected chi connectivity index (χ2v) is 8.92. The van der Waals surface area contributed by atoms with Crippen LogP contribution in [0.3, 0.4) is 0 Å². The Morgan fingerprint density at radius 3 is 2.67 bits per heavy atom. The highest BCUT2D eigenvalue weighted by molar-refractivity contribution is 9.11.